The number of aromatic carboxylic acids is 1. The topological polar surface area (TPSA) is 95.5 Å². The number of hydrogen-bond donors (Lipinski definition) is 2. The van der Waals surface area contributed by atoms with Crippen molar-refractivity contribution in [1.29, 1.82) is 0 Å². The molecule has 8 heteroatoms. The van der Waals surface area contributed by atoms with Crippen molar-refractivity contribution in [1.82, 2.24) is 9.97 Å². The number of H-pyrrole nitrogens is 1. The lowest BCUT2D eigenvalue weighted by Gasteiger charge is -2.25. The number of carbonyl (C=O) groups excluding carboxylic acids is 1. The predicted octanol–water partition coefficient (Wildman–Crippen LogP) is 4.97. The van der Waals surface area contributed by atoms with Crippen LogP contribution in [0.25, 0.3) is 11.0 Å². The minimum absolute atomic E-state index is 0.0377. The van der Waals surface area contributed by atoms with Gasteiger partial charge in [0.25, 0.3) is 0 Å². The summed E-state index contributed by atoms with van der Waals surface area (Å²) >= 11 is 3.30. The molecular weight excluding hydrogens is 426 g/mol. The van der Waals surface area contributed by atoms with Gasteiger partial charge < -0.3 is 14.8 Å². The lowest BCUT2D eigenvalue weighted by atomic mass is 10.2. The Morgan fingerprint density at radius 1 is 1.21 bits per heavy atom. The summed E-state index contributed by atoms with van der Waals surface area (Å²) in [6.07, 6.45) is -0.577. The maximum Gasteiger partial charge on any atom is 0.417 e. The molecule has 0 fully saturated rings. The summed E-state index contributed by atoms with van der Waals surface area (Å²) in [6, 6.07) is 12.6. The van der Waals surface area contributed by atoms with E-state index in [0.717, 1.165) is 5.56 Å². The number of carboxylic acids is 1. The second-order valence-electron chi connectivity index (χ2n) is 7.27. The van der Waals surface area contributed by atoms with Crippen molar-refractivity contribution in [3.05, 3.63) is 58.1 Å². The molecule has 1 heterocycles. The number of halogens is 1. The Balaban J connectivity index is 2.07. The molecule has 0 saturated carbocycles. The third-order valence-electron chi connectivity index (χ3n) is 3.82. The molecule has 0 aliphatic heterocycles. The number of rotatable bonds is 4. The Bertz CT molecular complexity index is 1030. The molecule has 2 N–H and O–H groups in total. The van der Waals surface area contributed by atoms with Crippen molar-refractivity contribution in [2.75, 3.05) is 4.90 Å². The number of amides is 1. The highest BCUT2D eigenvalue weighted by atomic mass is 79.9. The molecule has 3 aromatic rings. The first-order chi connectivity index (χ1) is 13.1. The van der Waals surface area contributed by atoms with Gasteiger partial charge in [-0.15, -0.1) is 0 Å². The summed E-state index contributed by atoms with van der Waals surface area (Å²) in [5.41, 5.74) is 1.01. The van der Waals surface area contributed by atoms with E-state index >= 15 is 0 Å². The highest BCUT2D eigenvalue weighted by Gasteiger charge is 2.27. The van der Waals surface area contributed by atoms with E-state index in [4.69, 9.17) is 4.74 Å². The molecule has 0 atom stereocenters. The Morgan fingerprint density at radius 2 is 1.89 bits per heavy atom. The largest absolute Gasteiger partial charge is 0.478 e. The summed E-state index contributed by atoms with van der Waals surface area (Å²) in [5, 5.41) is 9.47. The molecule has 28 heavy (non-hydrogen) atoms. The number of carbonyl (C=O) groups is 2. The maximum absolute atomic E-state index is 12.8. The summed E-state index contributed by atoms with van der Waals surface area (Å²) < 4.78 is 6.12. The standard InChI is InChI=1S/C20H20BrN3O4/c1-20(2,3)28-19(27)24(11-12-7-5-4-6-8-12)18-22-15-10-13(21)9-14(17(25)26)16(15)23-18/h4-10H,11H2,1-3H3,(H,22,23)(H,25,26). The summed E-state index contributed by atoms with van der Waals surface area (Å²) in [6.45, 7) is 5.57. The smallest absolute Gasteiger partial charge is 0.417 e. The number of imidazole rings is 1. The predicted molar refractivity (Wildman–Crippen MR) is 110 cm³/mol. The molecule has 1 amide bonds. The van der Waals surface area contributed by atoms with E-state index in [1.807, 2.05) is 30.3 Å². The molecule has 0 radical (unpaired) electrons. The van der Waals surface area contributed by atoms with E-state index in [9.17, 15) is 14.7 Å². The van der Waals surface area contributed by atoms with Gasteiger partial charge in [-0.3, -0.25) is 0 Å². The van der Waals surface area contributed by atoms with Crippen molar-refractivity contribution < 1.29 is 19.4 Å². The zero-order chi connectivity index (χ0) is 20.5. The lowest BCUT2D eigenvalue weighted by Crippen LogP contribution is -2.37. The summed E-state index contributed by atoms with van der Waals surface area (Å²) in [5.74, 6) is -0.884. The van der Waals surface area contributed by atoms with Gasteiger partial charge in [0.15, 0.2) is 0 Å². The molecule has 0 saturated heterocycles. The number of carboxylic acid groups (broad SMARTS) is 1. The SMILES string of the molecule is CC(C)(C)OC(=O)N(Cc1ccccc1)c1nc2c(C(=O)O)cc(Br)cc2[nH]1. The van der Waals surface area contributed by atoms with Crippen LogP contribution in [0.15, 0.2) is 46.9 Å². The number of aromatic nitrogens is 2. The van der Waals surface area contributed by atoms with Crippen LogP contribution in [0, 0.1) is 0 Å². The molecule has 0 spiro atoms. The van der Waals surface area contributed by atoms with Crippen molar-refractivity contribution >= 4 is 45.0 Å². The van der Waals surface area contributed by atoms with Crippen LogP contribution in [0.3, 0.4) is 0 Å². The van der Waals surface area contributed by atoms with Gasteiger partial charge in [0.2, 0.25) is 5.95 Å². The highest BCUT2D eigenvalue weighted by Crippen LogP contribution is 2.27. The average molecular weight is 446 g/mol. The normalized spacial score (nSPS) is 11.4. The number of hydrogen-bond acceptors (Lipinski definition) is 4. The van der Waals surface area contributed by atoms with Crippen LogP contribution in [0.5, 0.6) is 0 Å². The minimum atomic E-state index is -1.10. The zero-order valence-electron chi connectivity index (χ0n) is 15.7. The van der Waals surface area contributed by atoms with E-state index in [0.29, 0.717) is 9.99 Å². The van der Waals surface area contributed by atoms with Gasteiger partial charge in [-0.25, -0.2) is 19.5 Å². The Hall–Kier alpha value is -2.87. The van der Waals surface area contributed by atoms with Crippen LogP contribution in [0.1, 0.15) is 36.7 Å². The monoisotopic (exact) mass is 445 g/mol. The number of benzene rings is 2. The fraction of sp³-hybridized carbons (Fsp3) is 0.250. The molecule has 7 nitrogen and oxygen atoms in total. The molecule has 0 bridgehead atoms. The number of fused-ring (bicyclic) bond motifs is 1. The summed E-state index contributed by atoms with van der Waals surface area (Å²) in [4.78, 5) is 33.2. The number of ether oxygens (including phenoxy) is 1. The van der Waals surface area contributed by atoms with Crippen molar-refractivity contribution in [3.8, 4) is 0 Å². The molecule has 146 valence electrons. The first-order valence-electron chi connectivity index (χ1n) is 8.61. The van der Waals surface area contributed by atoms with Crippen LogP contribution in [0.4, 0.5) is 10.7 Å². The molecule has 2 aromatic carbocycles. The van der Waals surface area contributed by atoms with Crippen LogP contribution in [-0.4, -0.2) is 32.7 Å². The van der Waals surface area contributed by atoms with Gasteiger partial charge in [0.05, 0.1) is 17.6 Å². The second kappa shape index (κ2) is 7.63. The van der Waals surface area contributed by atoms with E-state index < -0.39 is 17.7 Å². The van der Waals surface area contributed by atoms with E-state index in [2.05, 4.69) is 25.9 Å². The quantitative estimate of drug-likeness (QED) is 0.591. The molecule has 3 rings (SSSR count). The maximum atomic E-state index is 12.8. The van der Waals surface area contributed by atoms with E-state index in [-0.39, 0.29) is 23.6 Å². The van der Waals surface area contributed by atoms with Crippen LogP contribution in [-0.2, 0) is 11.3 Å². The first kappa shape index (κ1) is 19.9. The molecular formula is C20H20BrN3O4. The zero-order valence-corrected chi connectivity index (χ0v) is 17.3. The van der Waals surface area contributed by atoms with Crippen LogP contribution < -0.4 is 4.90 Å². The number of nitrogens with zero attached hydrogens (tertiary/aromatic N) is 2. The summed E-state index contributed by atoms with van der Waals surface area (Å²) in [7, 11) is 0. The first-order valence-corrected chi connectivity index (χ1v) is 9.40. The number of anilines is 1. The molecule has 0 aliphatic carbocycles. The Labute approximate surface area is 170 Å². The molecule has 1 aromatic heterocycles. The van der Waals surface area contributed by atoms with Crippen molar-refractivity contribution in [3.63, 3.8) is 0 Å². The van der Waals surface area contributed by atoms with Gasteiger partial charge in [-0.2, -0.15) is 0 Å². The van der Waals surface area contributed by atoms with Crippen LogP contribution >= 0.6 is 15.9 Å². The fourth-order valence-corrected chi connectivity index (χ4v) is 3.13. The lowest BCUT2D eigenvalue weighted by molar-refractivity contribution is 0.0574. The van der Waals surface area contributed by atoms with Gasteiger partial charge in [-0.1, -0.05) is 46.3 Å². The molecule has 0 unspecified atom stereocenters. The van der Waals surface area contributed by atoms with E-state index in [1.165, 1.54) is 11.0 Å². The number of aromatic amines is 1. The minimum Gasteiger partial charge on any atom is -0.478 e. The van der Waals surface area contributed by atoms with Gasteiger partial charge in [-0.05, 0) is 38.5 Å². The Kier molecular flexibility index (Phi) is 5.42. The third-order valence-corrected chi connectivity index (χ3v) is 4.28. The third kappa shape index (κ3) is 4.51. The van der Waals surface area contributed by atoms with Gasteiger partial charge >= 0.3 is 12.1 Å². The fourth-order valence-electron chi connectivity index (χ4n) is 2.67. The van der Waals surface area contributed by atoms with Gasteiger partial charge in [0.1, 0.15) is 11.1 Å². The van der Waals surface area contributed by atoms with Crippen LogP contribution in [0.2, 0.25) is 0 Å². The number of nitrogens with one attached hydrogen (secondary N) is 1. The molecule has 0 aliphatic rings. The van der Waals surface area contributed by atoms with E-state index in [1.54, 1.807) is 26.8 Å². The Morgan fingerprint density at radius 3 is 2.50 bits per heavy atom. The second-order valence-corrected chi connectivity index (χ2v) is 8.18. The van der Waals surface area contributed by atoms with Crippen molar-refractivity contribution in [2.45, 2.75) is 32.9 Å². The highest BCUT2D eigenvalue weighted by molar-refractivity contribution is 9.10. The van der Waals surface area contributed by atoms with Gasteiger partial charge in [0, 0.05) is 4.47 Å². The average Bonchev–Trinajstić information content (AvgIpc) is 3.01. The van der Waals surface area contributed by atoms with Crippen molar-refractivity contribution in [2.24, 2.45) is 0 Å².